The van der Waals surface area contributed by atoms with Gasteiger partial charge >= 0.3 is 0 Å². The monoisotopic (exact) mass is 227 g/mol. The molecule has 2 N–H and O–H groups in total. The van der Waals surface area contributed by atoms with Crippen molar-refractivity contribution >= 4 is 5.91 Å². The quantitative estimate of drug-likeness (QED) is 0.680. The molecule has 0 atom stereocenters. The number of hydrogen-bond acceptors (Lipinski definition) is 4. The number of nitrogens with two attached hydrogens (primary N) is 1. The maximum absolute atomic E-state index is 11.2. The number of carbonyl (C=O) groups excluding carboxylic acids is 1. The van der Waals surface area contributed by atoms with Crippen LogP contribution in [0.25, 0.3) is 0 Å². The van der Waals surface area contributed by atoms with Crippen molar-refractivity contribution in [1.82, 2.24) is 9.80 Å². The molecule has 16 heavy (non-hydrogen) atoms. The van der Waals surface area contributed by atoms with Gasteiger partial charge in [-0.2, -0.15) is 0 Å². The van der Waals surface area contributed by atoms with Crippen molar-refractivity contribution in [3.05, 3.63) is 0 Å². The smallest absolute Gasteiger partial charge is 0.219 e. The van der Waals surface area contributed by atoms with Gasteiger partial charge in [0.15, 0.2) is 0 Å². The third-order valence-electron chi connectivity index (χ3n) is 3.63. The number of hydrogen-bond donors (Lipinski definition) is 1. The van der Waals surface area contributed by atoms with Crippen LogP contribution in [0, 0.1) is 5.41 Å². The first-order valence-corrected chi connectivity index (χ1v) is 5.91. The topological polar surface area (TPSA) is 58.8 Å². The van der Waals surface area contributed by atoms with Crippen LogP contribution in [-0.2, 0) is 9.53 Å². The van der Waals surface area contributed by atoms with E-state index in [4.69, 9.17) is 10.5 Å². The van der Waals surface area contributed by atoms with Gasteiger partial charge < -0.3 is 15.4 Å². The van der Waals surface area contributed by atoms with E-state index in [1.54, 1.807) is 6.92 Å². The molecule has 2 aliphatic heterocycles. The Hall–Kier alpha value is -0.650. The van der Waals surface area contributed by atoms with Crippen LogP contribution in [-0.4, -0.2) is 68.2 Å². The van der Waals surface area contributed by atoms with Crippen molar-refractivity contribution in [3.63, 3.8) is 0 Å². The average Bonchev–Trinajstić information content (AvgIpc) is 2.24. The second kappa shape index (κ2) is 4.69. The molecule has 2 rings (SSSR count). The molecule has 2 fully saturated rings. The number of nitrogens with zero attached hydrogens (tertiary/aromatic N) is 2. The normalized spacial score (nSPS) is 25.2. The Morgan fingerprint density at radius 1 is 1.31 bits per heavy atom. The van der Waals surface area contributed by atoms with Gasteiger partial charge in [-0.1, -0.05) is 0 Å². The predicted molar refractivity (Wildman–Crippen MR) is 61.0 cm³/mol. The van der Waals surface area contributed by atoms with Crippen molar-refractivity contribution in [2.45, 2.75) is 6.92 Å². The maximum Gasteiger partial charge on any atom is 0.219 e. The van der Waals surface area contributed by atoms with Crippen LogP contribution < -0.4 is 5.73 Å². The minimum absolute atomic E-state index is 0.179. The van der Waals surface area contributed by atoms with E-state index < -0.39 is 0 Å². The molecule has 0 aromatic heterocycles. The molecular formula is C11H21N3O2. The third-order valence-corrected chi connectivity index (χ3v) is 3.63. The molecule has 5 heteroatoms. The van der Waals surface area contributed by atoms with Crippen molar-refractivity contribution in [1.29, 1.82) is 0 Å². The van der Waals surface area contributed by atoms with Crippen LogP contribution in [0.5, 0.6) is 0 Å². The Labute approximate surface area is 96.5 Å². The van der Waals surface area contributed by atoms with E-state index in [2.05, 4.69) is 4.90 Å². The second-order valence-electron chi connectivity index (χ2n) is 4.98. The summed E-state index contributed by atoms with van der Waals surface area (Å²) in [5.74, 6) is 0.181. The van der Waals surface area contributed by atoms with E-state index in [0.717, 1.165) is 45.9 Å². The van der Waals surface area contributed by atoms with Gasteiger partial charge in [-0.15, -0.1) is 0 Å². The summed E-state index contributed by atoms with van der Waals surface area (Å²) in [6.07, 6.45) is 0. The highest BCUT2D eigenvalue weighted by molar-refractivity contribution is 5.73. The molecular weight excluding hydrogens is 206 g/mol. The zero-order valence-electron chi connectivity index (χ0n) is 9.95. The van der Waals surface area contributed by atoms with Gasteiger partial charge in [-0.05, 0) is 0 Å². The lowest BCUT2D eigenvalue weighted by Crippen LogP contribution is -2.58. The number of piperazine rings is 1. The molecule has 0 aromatic carbocycles. The largest absolute Gasteiger partial charge is 0.380 e. The van der Waals surface area contributed by atoms with Gasteiger partial charge in [0, 0.05) is 51.6 Å². The van der Waals surface area contributed by atoms with Gasteiger partial charge in [-0.25, -0.2) is 0 Å². The third kappa shape index (κ3) is 2.36. The first-order valence-electron chi connectivity index (χ1n) is 5.91. The second-order valence-corrected chi connectivity index (χ2v) is 4.98. The highest BCUT2D eigenvalue weighted by Crippen LogP contribution is 2.27. The molecule has 0 saturated carbocycles. The summed E-state index contributed by atoms with van der Waals surface area (Å²) in [5, 5.41) is 0. The fourth-order valence-corrected chi connectivity index (χ4v) is 2.36. The number of amides is 1. The summed E-state index contributed by atoms with van der Waals surface area (Å²) in [7, 11) is 0. The Morgan fingerprint density at radius 3 is 2.31 bits per heavy atom. The fraction of sp³-hybridized carbons (Fsp3) is 0.909. The van der Waals surface area contributed by atoms with Gasteiger partial charge in [0.25, 0.3) is 0 Å². The number of rotatable bonds is 3. The Kier molecular flexibility index (Phi) is 3.47. The van der Waals surface area contributed by atoms with Crippen molar-refractivity contribution < 1.29 is 9.53 Å². The molecule has 0 bridgehead atoms. The molecule has 2 heterocycles. The van der Waals surface area contributed by atoms with Gasteiger partial charge in [0.2, 0.25) is 5.91 Å². The van der Waals surface area contributed by atoms with Crippen molar-refractivity contribution in [3.8, 4) is 0 Å². The van der Waals surface area contributed by atoms with Gasteiger partial charge in [-0.3, -0.25) is 9.69 Å². The van der Waals surface area contributed by atoms with E-state index in [9.17, 15) is 4.79 Å². The minimum Gasteiger partial charge on any atom is -0.380 e. The Bertz CT molecular complexity index is 252. The number of ether oxygens (including phenoxy) is 1. The predicted octanol–water partition coefficient (Wildman–Crippen LogP) is -0.874. The first-order chi connectivity index (χ1) is 7.65. The van der Waals surface area contributed by atoms with Crippen LogP contribution >= 0.6 is 0 Å². The molecule has 0 unspecified atom stereocenters. The van der Waals surface area contributed by atoms with Crippen LogP contribution in [0.2, 0.25) is 0 Å². The minimum atomic E-state index is 0.179. The van der Waals surface area contributed by atoms with E-state index in [1.807, 2.05) is 4.90 Å². The number of carbonyl (C=O) groups is 1. The average molecular weight is 227 g/mol. The fourth-order valence-electron chi connectivity index (χ4n) is 2.36. The van der Waals surface area contributed by atoms with Crippen molar-refractivity contribution in [2.75, 3.05) is 52.5 Å². The van der Waals surface area contributed by atoms with Gasteiger partial charge in [0.05, 0.1) is 13.2 Å². The van der Waals surface area contributed by atoms with E-state index in [1.165, 1.54) is 0 Å². The highest BCUT2D eigenvalue weighted by atomic mass is 16.5. The van der Waals surface area contributed by atoms with Gasteiger partial charge in [0.1, 0.15) is 0 Å². The lowest BCUT2D eigenvalue weighted by atomic mass is 9.85. The van der Waals surface area contributed by atoms with Crippen molar-refractivity contribution in [2.24, 2.45) is 11.1 Å². The molecule has 0 radical (unpaired) electrons. The van der Waals surface area contributed by atoms with E-state index in [-0.39, 0.29) is 11.3 Å². The molecule has 92 valence electrons. The lowest BCUT2D eigenvalue weighted by Gasteiger charge is -2.45. The summed E-state index contributed by atoms with van der Waals surface area (Å²) < 4.78 is 5.26. The van der Waals surface area contributed by atoms with Crippen LogP contribution in [0.4, 0.5) is 0 Å². The summed E-state index contributed by atoms with van der Waals surface area (Å²) in [6, 6.07) is 0. The molecule has 5 nitrogen and oxygen atoms in total. The molecule has 0 aliphatic carbocycles. The Balaban J connectivity index is 1.79. The SMILES string of the molecule is CC(=O)N1CCN(CC2(CN)COC2)CC1. The summed E-state index contributed by atoms with van der Waals surface area (Å²) in [4.78, 5) is 15.5. The zero-order chi connectivity index (χ0) is 11.6. The first kappa shape index (κ1) is 11.8. The molecule has 2 saturated heterocycles. The maximum atomic E-state index is 11.2. The molecule has 1 amide bonds. The van der Waals surface area contributed by atoms with E-state index >= 15 is 0 Å². The zero-order valence-corrected chi connectivity index (χ0v) is 9.95. The summed E-state index contributed by atoms with van der Waals surface area (Å²) >= 11 is 0. The molecule has 0 aromatic rings. The highest BCUT2D eigenvalue weighted by Gasteiger charge is 2.39. The van der Waals surface area contributed by atoms with Crippen LogP contribution in [0.15, 0.2) is 0 Å². The summed E-state index contributed by atoms with van der Waals surface area (Å²) in [6.45, 7) is 8.52. The molecule has 2 aliphatic rings. The van der Waals surface area contributed by atoms with Crippen LogP contribution in [0.3, 0.4) is 0 Å². The lowest BCUT2D eigenvalue weighted by molar-refractivity contribution is -0.135. The summed E-state index contributed by atoms with van der Waals surface area (Å²) in [5.41, 5.74) is 5.97. The van der Waals surface area contributed by atoms with Crippen LogP contribution in [0.1, 0.15) is 6.92 Å². The van der Waals surface area contributed by atoms with E-state index in [0.29, 0.717) is 6.54 Å². The standard InChI is InChI=1S/C11H21N3O2/c1-10(15)14-4-2-13(3-5-14)7-11(6-12)8-16-9-11/h2-9,12H2,1H3. The Morgan fingerprint density at radius 2 is 1.94 bits per heavy atom. The molecule has 0 spiro atoms.